The lowest BCUT2D eigenvalue weighted by atomic mass is 10.0. The summed E-state index contributed by atoms with van der Waals surface area (Å²) in [5.74, 6) is -0.928. The van der Waals surface area contributed by atoms with E-state index in [2.05, 4.69) is 5.32 Å². The van der Waals surface area contributed by atoms with Crippen molar-refractivity contribution in [3.8, 4) is 0 Å². The molecule has 0 bridgehead atoms. The lowest BCUT2D eigenvalue weighted by molar-refractivity contribution is -0.143. The third-order valence-electron chi connectivity index (χ3n) is 2.88. The third-order valence-corrected chi connectivity index (χ3v) is 2.88. The average Bonchev–Trinajstić information content (AvgIpc) is 2.34. The minimum atomic E-state index is -0.928. The van der Waals surface area contributed by atoms with Gasteiger partial charge in [0, 0.05) is 13.1 Å². The molecule has 0 radical (unpaired) electrons. The molecule has 1 unspecified atom stereocenters. The highest BCUT2D eigenvalue weighted by Gasteiger charge is 2.31. The van der Waals surface area contributed by atoms with Crippen LogP contribution in [0.25, 0.3) is 0 Å². The van der Waals surface area contributed by atoms with Gasteiger partial charge in [-0.25, -0.2) is 9.59 Å². The summed E-state index contributed by atoms with van der Waals surface area (Å²) in [7, 11) is 0. The Hall–Kier alpha value is -1.30. The Labute approximate surface area is 107 Å². The molecule has 0 saturated carbocycles. The van der Waals surface area contributed by atoms with E-state index in [-0.39, 0.29) is 12.1 Å². The Morgan fingerprint density at radius 3 is 2.78 bits per heavy atom. The molecule has 1 aliphatic heterocycles. The predicted molar refractivity (Wildman–Crippen MR) is 66.5 cm³/mol. The Bertz CT molecular complexity index is 294. The second-order valence-electron chi connectivity index (χ2n) is 4.69. The van der Waals surface area contributed by atoms with E-state index >= 15 is 0 Å². The Kier molecular flexibility index (Phi) is 5.91. The summed E-state index contributed by atoms with van der Waals surface area (Å²) >= 11 is 0. The molecule has 0 aliphatic carbocycles. The highest BCUT2D eigenvalue weighted by molar-refractivity contribution is 5.82. The zero-order valence-electron chi connectivity index (χ0n) is 11.0. The van der Waals surface area contributed by atoms with Crippen LogP contribution in [-0.4, -0.2) is 53.8 Å². The molecule has 0 aromatic heterocycles. The Morgan fingerprint density at radius 2 is 2.17 bits per heavy atom. The number of nitrogens with zero attached hydrogens (tertiary/aromatic N) is 1. The van der Waals surface area contributed by atoms with E-state index in [4.69, 9.17) is 9.84 Å². The van der Waals surface area contributed by atoms with E-state index in [1.165, 1.54) is 4.90 Å². The number of ether oxygens (including phenoxy) is 1. The van der Waals surface area contributed by atoms with Crippen LogP contribution in [0.1, 0.15) is 33.1 Å². The maximum atomic E-state index is 11.9. The molecule has 6 heteroatoms. The highest BCUT2D eigenvalue weighted by Crippen LogP contribution is 2.17. The van der Waals surface area contributed by atoms with Crippen molar-refractivity contribution in [1.29, 1.82) is 0 Å². The predicted octanol–water partition coefficient (Wildman–Crippen LogP) is 1.06. The number of piperidine rings is 1. The van der Waals surface area contributed by atoms with Crippen LogP contribution in [-0.2, 0) is 9.53 Å². The standard InChI is InChI=1S/C12H22N2O4/c1-9(2)18-8-6-13-12(17)14-7-4-3-5-10(14)11(15)16/h9-10H,3-8H2,1-2H3,(H,13,17)(H,15,16). The number of urea groups is 1. The van der Waals surface area contributed by atoms with Gasteiger partial charge in [-0.2, -0.15) is 0 Å². The zero-order valence-corrected chi connectivity index (χ0v) is 11.0. The van der Waals surface area contributed by atoms with Crippen LogP contribution in [0.4, 0.5) is 4.79 Å². The van der Waals surface area contributed by atoms with Crippen LogP contribution in [0.15, 0.2) is 0 Å². The second-order valence-corrected chi connectivity index (χ2v) is 4.69. The molecule has 2 amide bonds. The van der Waals surface area contributed by atoms with Crippen LogP contribution in [0.5, 0.6) is 0 Å². The molecule has 1 heterocycles. The smallest absolute Gasteiger partial charge is 0.326 e. The molecule has 6 nitrogen and oxygen atoms in total. The summed E-state index contributed by atoms with van der Waals surface area (Å²) in [5, 5.41) is 11.7. The first-order valence-corrected chi connectivity index (χ1v) is 6.41. The molecular formula is C12H22N2O4. The van der Waals surface area contributed by atoms with Crippen molar-refractivity contribution in [2.24, 2.45) is 0 Å². The summed E-state index contributed by atoms with van der Waals surface area (Å²) < 4.78 is 5.30. The average molecular weight is 258 g/mol. The number of carboxylic acids is 1. The fourth-order valence-corrected chi connectivity index (χ4v) is 1.99. The minimum absolute atomic E-state index is 0.128. The van der Waals surface area contributed by atoms with Crippen molar-refractivity contribution < 1.29 is 19.4 Å². The van der Waals surface area contributed by atoms with Crippen molar-refractivity contribution in [1.82, 2.24) is 10.2 Å². The lowest BCUT2D eigenvalue weighted by Gasteiger charge is -2.32. The normalized spacial score (nSPS) is 19.9. The molecular weight excluding hydrogens is 236 g/mol. The van der Waals surface area contributed by atoms with Crippen molar-refractivity contribution in [3.63, 3.8) is 0 Å². The summed E-state index contributed by atoms with van der Waals surface area (Å²) in [6.07, 6.45) is 2.38. The topological polar surface area (TPSA) is 78.9 Å². The van der Waals surface area contributed by atoms with Gasteiger partial charge in [0.1, 0.15) is 6.04 Å². The monoisotopic (exact) mass is 258 g/mol. The van der Waals surface area contributed by atoms with Crippen molar-refractivity contribution in [3.05, 3.63) is 0 Å². The molecule has 2 N–H and O–H groups in total. The fraction of sp³-hybridized carbons (Fsp3) is 0.833. The van der Waals surface area contributed by atoms with Crippen LogP contribution < -0.4 is 5.32 Å². The van der Waals surface area contributed by atoms with Crippen LogP contribution in [0.3, 0.4) is 0 Å². The molecule has 1 aliphatic rings. The molecule has 0 aromatic rings. The quantitative estimate of drug-likeness (QED) is 0.723. The van der Waals surface area contributed by atoms with Gasteiger partial charge in [-0.1, -0.05) is 0 Å². The molecule has 1 saturated heterocycles. The molecule has 104 valence electrons. The fourth-order valence-electron chi connectivity index (χ4n) is 1.99. The lowest BCUT2D eigenvalue weighted by Crippen LogP contribution is -2.52. The number of carbonyl (C=O) groups excluding carboxylic acids is 1. The van der Waals surface area contributed by atoms with Gasteiger partial charge in [0.05, 0.1) is 12.7 Å². The summed E-state index contributed by atoms with van der Waals surface area (Å²) in [6.45, 7) is 5.20. The maximum Gasteiger partial charge on any atom is 0.326 e. The minimum Gasteiger partial charge on any atom is -0.480 e. The van der Waals surface area contributed by atoms with E-state index in [1.807, 2.05) is 13.8 Å². The number of hydrogen-bond acceptors (Lipinski definition) is 3. The van der Waals surface area contributed by atoms with Crippen molar-refractivity contribution >= 4 is 12.0 Å². The van der Waals surface area contributed by atoms with E-state index in [9.17, 15) is 9.59 Å². The summed E-state index contributed by atoms with van der Waals surface area (Å²) in [4.78, 5) is 24.3. The zero-order chi connectivity index (χ0) is 13.5. The Morgan fingerprint density at radius 1 is 1.44 bits per heavy atom. The highest BCUT2D eigenvalue weighted by atomic mass is 16.5. The van der Waals surface area contributed by atoms with Gasteiger partial charge >= 0.3 is 12.0 Å². The van der Waals surface area contributed by atoms with Gasteiger partial charge in [0.2, 0.25) is 0 Å². The maximum absolute atomic E-state index is 11.9. The number of hydrogen-bond donors (Lipinski definition) is 2. The molecule has 1 atom stereocenters. The number of aliphatic carboxylic acids is 1. The molecule has 18 heavy (non-hydrogen) atoms. The molecule has 1 rings (SSSR count). The van der Waals surface area contributed by atoms with Gasteiger partial charge in [-0.15, -0.1) is 0 Å². The third kappa shape index (κ3) is 4.52. The van der Waals surface area contributed by atoms with Gasteiger partial charge in [0.25, 0.3) is 0 Å². The molecule has 0 aromatic carbocycles. The number of nitrogens with one attached hydrogen (secondary N) is 1. The van der Waals surface area contributed by atoms with Crippen LogP contribution in [0, 0.1) is 0 Å². The first-order valence-electron chi connectivity index (χ1n) is 6.41. The largest absolute Gasteiger partial charge is 0.480 e. The van der Waals surface area contributed by atoms with E-state index in [0.29, 0.717) is 26.1 Å². The number of likely N-dealkylation sites (tertiary alicyclic amines) is 1. The van der Waals surface area contributed by atoms with Gasteiger partial charge in [0.15, 0.2) is 0 Å². The van der Waals surface area contributed by atoms with Crippen molar-refractivity contribution in [2.45, 2.75) is 45.3 Å². The molecule has 1 fully saturated rings. The van der Waals surface area contributed by atoms with Crippen LogP contribution >= 0.6 is 0 Å². The first kappa shape index (κ1) is 14.8. The number of rotatable bonds is 5. The number of carboxylic acid groups (broad SMARTS) is 1. The van der Waals surface area contributed by atoms with E-state index in [0.717, 1.165) is 12.8 Å². The summed E-state index contributed by atoms with van der Waals surface area (Å²) in [6, 6.07) is -1.00. The van der Waals surface area contributed by atoms with Gasteiger partial charge in [-0.3, -0.25) is 0 Å². The van der Waals surface area contributed by atoms with Crippen molar-refractivity contribution in [2.75, 3.05) is 19.7 Å². The van der Waals surface area contributed by atoms with E-state index < -0.39 is 12.0 Å². The second kappa shape index (κ2) is 7.20. The van der Waals surface area contributed by atoms with Gasteiger partial charge < -0.3 is 20.1 Å². The Balaban J connectivity index is 2.36. The summed E-state index contributed by atoms with van der Waals surface area (Å²) in [5.41, 5.74) is 0. The van der Waals surface area contributed by atoms with Crippen LogP contribution in [0.2, 0.25) is 0 Å². The molecule has 0 spiro atoms. The first-order chi connectivity index (χ1) is 8.52. The van der Waals surface area contributed by atoms with E-state index in [1.54, 1.807) is 0 Å². The number of amides is 2. The number of carbonyl (C=O) groups is 2. The van der Waals surface area contributed by atoms with Gasteiger partial charge in [-0.05, 0) is 33.1 Å². The SMILES string of the molecule is CC(C)OCCNC(=O)N1CCCCC1C(=O)O.